The summed E-state index contributed by atoms with van der Waals surface area (Å²) in [7, 11) is -4.16. The van der Waals surface area contributed by atoms with Gasteiger partial charge in [0.2, 0.25) is 11.8 Å². The van der Waals surface area contributed by atoms with E-state index < -0.39 is 28.5 Å². The first-order valence-corrected chi connectivity index (χ1v) is 16.2. The number of hydrogen-bond donors (Lipinski definition) is 1. The van der Waals surface area contributed by atoms with Gasteiger partial charge >= 0.3 is 0 Å². The predicted molar refractivity (Wildman–Crippen MR) is 171 cm³/mol. The van der Waals surface area contributed by atoms with E-state index in [1.165, 1.54) is 17.0 Å². The van der Waals surface area contributed by atoms with Crippen molar-refractivity contribution < 1.29 is 18.0 Å². The summed E-state index contributed by atoms with van der Waals surface area (Å²) in [6, 6.07) is 15.8. The molecule has 0 radical (unpaired) electrons. The molecule has 0 aromatic heterocycles. The highest BCUT2D eigenvalue weighted by molar-refractivity contribution is 7.92. The van der Waals surface area contributed by atoms with Crippen molar-refractivity contribution in [3.8, 4) is 0 Å². The van der Waals surface area contributed by atoms with E-state index in [1.807, 2.05) is 47.6 Å². The van der Waals surface area contributed by atoms with E-state index in [1.54, 1.807) is 42.5 Å². The summed E-state index contributed by atoms with van der Waals surface area (Å²) in [5.41, 5.74) is 3.50. The average molecular weight is 633 g/mol. The van der Waals surface area contributed by atoms with Crippen molar-refractivity contribution >= 4 is 50.7 Å². The first kappa shape index (κ1) is 33.4. The van der Waals surface area contributed by atoms with Crippen molar-refractivity contribution in [2.75, 3.05) is 10.8 Å². The Labute approximate surface area is 259 Å². The SMILES string of the molecule is CC[C@H](C)NC(=O)[C@H](CC)N(Cc1ccc(Cl)cc1Cl)C(=O)CN(c1cccc(C)c1C)S(=O)(=O)c1ccc(C)cc1. The fourth-order valence-electron chi connectivity index (χ4n) is 4.55. The number of anilines is 1. The molecule has 7 nitrogen and oxygen atoms in total. The fraction of sp³-hybridized carbons (Fsp3) is 0.375. The number of aryl methyl sites for hydroxylation is 2. The molecule has 0 saturated carbocycles. The van der Waals surface area contributed by atoms with Crippen LogP contribution in [0.15, 0.2) is 65.6 Å². The molecule has 3 aromatic carbocycles. The second kappa shape index (κ2) is 14.4. The van der Waals surface area contributed by atoms with Crippen LogP contribution in [-0.4, -0.2) is 43.8 Å². The number of carbonyl (C=O) groups excluding carboxylic acids is 2. The lowest BCUT2D eigenvalue weighted by molar-refractivity contribution is -0.140. The van der Waals surface area contributed by atoms with Crippen molar-refractivity contribution in [1.82, 2.24) is 10.2 Å². The summed E-state index contributed by atoms with van der Waals surface area (Å²) in [6.07, 6.45) is 1.03. The minimum Gasteiger partial charge on any atom is -0.352 e. The maximum Gasteiger partial charge on any atom is 0.264 e. The quantitative estimate of drug-likeness (QED) is 0.237. The molecule has 3 rings (SSSR count). The van der Waals surface area contributed by atoms with Crippen LogP contribution < -0.4 is 9.62 Å². The van der Waals surface area contributed by atoms with E-state index in [0.717, 1.165) is 21.0 Å². The number of halogens is 2. The molecular weight excluding hydrogens is 593 g/mol. The van der Waals surface area contributed by atoms with E-state index >= 15 is 0 Å². The zero-order valence-electron chi connectivity index (χ0n) is 24.9. The molecular formula is C32H39Cl2N3O4S. The summed E-state index contributed by atoms with van der Waals surface area (Å²) in [5, 5.41) is 3.75. The van der Waals surface area contributed by atoms with Gasteiger partial charge in [0.15, 0.2) is 0 Å². The number of hydrogen-bond acceptors (Lipinski definition) is 4. The fourth-order valence-corrected chi connectivity index (χ4v) is 6.49. The molecule has 0 unspecified atom stereocenters. The second-order valence-electron chi connectivity index (χ2n) is 10.5. The largest absolute Gasteiger partial charge is 0.352 e. The Bertz CT molecular complexity index is 1530. The van der Waals surface area contributed by atoms with Crippen molar-refractivity contribution in [3.05, 3.63) is 93.0 Å². The average Bonchev–Trinajstić information content (AvgIpc) is 2.94. The van der Waals surface area contributed by atoms with E-state index in [-0.39, 0.29) is 23.4 Å². The summed E-state index contributed by atoms with van der Waals surface area (Å²) in [6.45, 7) is 10.7. The maximum atomic E-state index is 14.3. The van der Waals surface area contributed by atoms with Gasteiger partial charge < -0.3 is 10.2 Å². The third-order valence-corrected chi connectivity index (χ3v) is 9.84. The molecule has 10 heteroatoms. The summed E-state index contributed by atoms with van der Waals surface area (Å²) in [5.74, 6) is -0.853. The summed E-state index contributed by atoms with van der Waals surface area (Å²) < 4.78 is 29.4. The molecule has 1 N–H and O–H groups in total. The highest BCUT2D eigenvalue weighted by Crippen LogP contribution is 2.30. The van der Waals surface area contributed by atoms with Crippen LogP contribution in [-0.2, 0) is 26.2 Å². The number of carbonyl (C=O) groups is 2. The van der Waals surface area contributed by atoms with Crippen molar-refractivity contribution in [2.24, 2.45) is 0 Å². The van der Waals surface area contributed by atoms with Gasteiger partial charge in [0.05, 0.1) is 10.6 Å². The van der Waals surface area contributed by atoms with Gasteiger partial charge in [0, 0.05) is 22.6 Å². The van der Waals surface area contributed by atoms with Crippen LogP contribution in [0.5, 0.6) is 0 Å². The molecule has 226 valence electrons. The van der Waals surface area contributed by atoms with Crippen LogP contribution >= 0.6 is 23.2 Å². The van der Waals surface area contributed by atoms with Crippen molar-refractivity contribution in [3.63, 3.8) is 0 Å². The zero-order chi connectivity index (χ0) is 31.2. The smallest absolute Gasteiger partial charge is 0.264 e. The van der Waals surface area contributed by atoms with Crippen LogP contribution in [0, 0.1) is 20.8 Å². The number of amides is 2. The van der Waals surface area contributed by atoms with Crippen molar-refractivity contribution in [1.29, 1.82) is 0 Å². The van der Waals surface area contributed by atoms with Crippen LogP contribution in [0.3, 0.4) is 0 Å². The van der Waals surface area contributed by atoms with Gasteiger partial charge in [-0.1, -0.05) is 72.9 Å². The van der Waals surface area contributed by atoms with Crippen LogP contribution in [0.4, 0.5) is 5.69 Å². The lowest BCUT2D eigenvalue weighted by Crippen LogP contribution is -2.53. The standard InChI is InChI=1S/C32H39Cl2N3O4S/c1-7-23(5)35-32(39)29(8-2)36(19-25-14-15-26(33)18-28(25)34)31(38)20-37(30-11-9-10-22(4)24(30)6)42(40,41)27-16-12-21(3)13-17-27/h9-18,23,29H,7-8,19-20H2,1-6H3,(H,35,39)/t23-,29-/m0/s1. The first-order valence-electron chi connectivity index (χ1n) is 14.0. The summed E-state index contributed by atoms with van der Waals surface area (Å²) in [4.78, 5) is 29.2. The molecule has 0 spiro atoms. The van der Waals surface area contributed by atoms with E-state index in [9.17, 15) is 18.0 Å². The van der Waals surface area contributed by atoms with Gasteiger partial charge in [-0.3, -0.25) is 13.9 Å². The third-order valence-electron chi connectivity index (χ3n) is 7.48. The van der Waals surface area contributed by atoms with Gasteiger partial charge in [-0.2, -0.15) is 0 Å². The molecule has 0 fully saturated rings. The lowest BCUT2D eigenvalue weighted by Gasteiger charge is -2.34. The number of benzene rings is 3. The predicted octanol–water partition coefficient (Wildman–Crippen LogP) is 6.84. The molecule has 3 aromatic rings. The molecule has 0 bridgehead atoms. The molecule has 0 heterocycles. The third kappa shape index (κ3) is 7.85. The highest BCUT2D eigenvalue weighted by atomic mass is 35.5. The molecule has 0 aliphatic carbocycles. The second-order valence-corrected chi connectivity index (χ2v) is 13.2. The van der Waals surface area contributed by atoms with Gasteiger partial charge in [0.1, 0.15) is 12.6 Å². The number of sulfonamides is 1. The molecule has 0 aliphatic heterocycles. The molecule has 42 heavy (non-hydrogen) atoms. The Balaban J connectivity index is 2.13. The Morgan fingerprint density at radius 3 is 2.19 bits per heavy atom. The number of nitrogens with zero attached hydrogens (tertiary/aromatic N) is 2. The maximum absolute atomic E-state index is 14.3. The van der Waals surface area contributed by atoms with Gasteiger partial charge in [-0.25, -0.2) is 8.42 Å². The molecule has 2 amide bonds. The zero-order valence-corrected chi connectivity index (χ0v) is 27.3. The highest BCUT2D eigenvalue weighted by Gasteiger charge is 2.34. The number of nitrogens with one attached hydrogen (secondary N) is 1. The van der Waals surface area contributed by atoms with E-state index in [0.29, 0.717) is 34.1 Å². The van der Waals surface area contributed by atoms with Crippen LogP contribution in [0.2, 0.25) is 10.0 Å². The number of rotatable bonds is 12. The van der Waals surface area contributed by atoms with E-state index in [4.69, 9.17) is 23.2 Å². The minimum atomic E-state index is -4.16. The summed E-state index contributed by atoms with van der Waals surface area (Å²) >= 11 is 12.6. The lowest BCUT2D eigenvalue weighted by atomic mass is 10.1. The molecule has 0 aliphatic rings. The van der Waals surface area contributed by atoms with E-state index in [2.05, 4.69) is 5.32 Å². The monoisotopic (exact) mass is 631 g/mol. The molecule has 2 atom stereocenters. The Morgan fingerprint density at radius 2 is 1.60 bits per heavy atom. The topological polar surface area (TPSA) is 86.8 Å². The molecule has 0 saturated heterocycles. The Morgan fingerprint density at radius 1 is 0.929 bits per heavy atom. The Hall–Kier alpha value is -3.07. The van der Waals surface area contributed by atoms with Gasteiger partial charge in [-0.15, -0.1) is 0 Å². The van der Waals surface area contributed by atoms with Gasteiger partial charge in [0.25, 0.3) is 10.0 Å². The van der Waals surface area contributed by atoms with Crippen LogP contribution in [0.1, 0.15) is 55.9 Å². The van der Waals surface area contributed by atoms with Gasteiger partial charge in [-0.05, 0) is 87.6 Å². The normalized spacial score (nSPS) is 12.9. The minimum absolute atomic E-state index is 0.00745. The van der Waals surface area contributed by atoms with Crippen LogP contribution in [0.25, 0.3) is 0 Å². The van der Waals surface area contributed by atoms with Crippen molar-refractivity contribution in [2.45, 2.75) is 77.9 Å². The first-order chi connectivity index (χ1) is 19.8. The Kier molecular flexibility index (Phi) is 11.5.